The summed E-state index contributed by atoms with van der Waals surface area (Å²) in [5.41, 5.74) is -1.66. The molecule has 0 bridgehead atoms. The first-order valence-corrected chi connectivity index (χ1v) is 5.10. The average Bonchev–Trinajstić information content (AvgIpc) is 2.03. The van der Waals surface area contributed by atoms with Crippen LogP contribution in [0, 0.1) is 0 Å². The molecule has 0 fully saturated rings. The summed E-state index contributed by atoms with van der Waals surface area (Å²) < 4.78 is 20.1. The molecule has 0 aliphatic rings. The van der Waals surface area contributed by atoms with E-state index in [9.17, 15) is 4.57 Å². The second-order valence-electron chi connectivity index (χ2n) is 1.66. The van der Waals surface area contributed by atoms with Gasteiger partial charge in [0, 0.05) is 0 Å². The van der Waals surface area contributed by atoms with Gasteiger partial charge in [0.15, 0.2) is 11.1 Å². The molecule has 2 atom stereocenters. The predicted octanol–water partition coefficient (Wildman–Crippen LogP) is 2.91. The van der Waals surface area contributed by atoms with E-state index in [-0.39, 0.29) is 0 Å². The van der Waals surface area contributed by atoms with Gasteiger partial charge in [0.25, 0.3) is 0 Å². The highest BCUT2D eigenvalue weighted by Gasteiger charge is 2.09. The lowest BCUT2D eigenvalue weighted by Gasteiger charge is -2.08. The van der Waals surface area contributed by atoms with Crippen molar-refractivity contribution >= 4 is 31.5 Å². The molecule has 0 radical (unpaired) electrons. The standard InChI is InChI=1S/C6H9Cl2O3P/c1-3-5(7)10-12(9)11-6(8)4-2/h3-6,12H,1-2H2. The Hall–Kier alpha value is 0.210. The summed E-state index contributed by atoms with van der Waals surface area (Å²) in [4.78, 5) is 0. The fraction of sp³-hybridized carbons (Fsp3) is 0.333. The zero-order valence-electron chi connectivity index (χ0n) is 6.20. The molecular weight excluding hydrogens is 222 g/mol. The largest absolute Gasteiger partial charge is 0.322 e. The van der Waals surface area contributed by atoms with Gasteiger partial charge in [0.05, 0.1) is 0 Å². The fourth-order valence-corrected chi connectivity index (χ4v) is 1.36. The van der Waals surface area contributed by atoms with E-state index < -0.39 is 19.4 Å². The van der Waals surface area contributed by atoms with Gasteiger partial charge in [-0.1, -0.05) is 36.4 Å². The second-order valence-corrected chi connectivity index (χ2v) is 3.49. The van der Waals surface area contributed by atoms with Crippen LogP contribution >= 0.6 is 31.5 Å². The zero-order valence-corrected chi connectivity index (χ0v) is 8.72. The van der Waals surface area contributed by atoms with Crippen LogP contribution in [-0.2, 0) is 13.6 Å². The van der Waals surface area contributed by atoms with Gasteiger partial charge < -0.3 is 0 Å². The van der Waals surface area contributed by atoms with Crippen LogP contribution in [0.2, 0.25) is 0 Å². The molecule has 0 aliphatic carbocycles. The van der Waals surface area contributed by atoms with Crippen molar-refractivity contribution in [2.75, 3.05) is 0 Å². The fourth-order valence-electron chi connectivity index (χ4n) is 0.308. The molecule has 0 saturated carbocycles. The molecule has 0 aromatic carbocycles. The number of halogens is 2. The molecule has 0 aliphatic heterocycles. The number of hydrogen-bond donors (Lipinski definition) is 0. The summed E-state index contributed by atoms with van der Waals surface area (Å²) in [7, 11) is -2.67. The van der Waals surface area contributed by atoms with Gasteiger partial charge >= 0.3 is 8.25 Å². The molecule has 6 heteroatoms. The van der Waals surface area contributed by atoms with Crippen molar-refractivity contribution in [2.45, 2.75) is 11.1 Å². The molecular formula is C6H9Cl2O3P. The van der Waals surface area contributed by atoms with Crippen molar-refractivity contribution in [3.8, 4) is 0 Å². The normalized spacial score (nSPS) is 17.8. The van der Waals surface area contributed by atoms with Gasteiger partial charge in [-0.25, -0.2) is 0 Å². The molecule has 2 unspecified atom stereocenters. The van der Waals surface area contributed by atoms with Crippen LogP contribution in [0.1, 0.15) is 0 Å². The van der Waals surface area contributed by atoms with E-state index in [1.165, 1.54) is 12.2 Å². The Morgan fingerprint density at radius 3 is 1.75 bits per heavy atom. The SMILES string of the molecule is C=CC(Cl)O[PH](=O)OC(Cl)C=C. The second kappa shape index (κ2) is 6.70. The van der Waals surface area contributed by atoms with Crippen LogP contribution in [0.15, 0.2) is 25.3 Å². The summed E-state index contributed by atoms with van der Waals surface area (Å²) in [5, 5.41) is 0. The molecule has 0 rings (SSSR count). The molecule has 0 heterocycles. The Morgan fingerprint density at radius 1 is 1.17 bits per heavy atom. The molecule has 0 amide bonds. The van der Waals surface area contributed by atoms with Crippen LogP contribution in [-0.4, -0.2) is 11.1 Å². The Morgan fingerprint density at radius 2 is 1.50 bits per heavy atom. The first-order valence-electron chi connectivity index (χ1n) is 3.00. The smallest absolute Gasteiger partial charge is 0.287 e. The third-order valence-electron chi connectivity index (χ3n) is 0.788. The molecule has 0 aromatic heterocycles. The average molecular weight is 231 g/mol. The highest BCUT2D eigenvalue weighted by molar-refractivity contribution is 7.33. The van der Waals surface area contributed by atoms with Crippen LogP contribution < -0.4 is 0 Å². The van der Waals surface area contributed by atoms with E-state index in [0.717, 1.165) is 0 Å². The van der Waals surface area contributed by atoms with Gasteiger partial charge in [-0.15, -0.1) is 0 Å². The van der Waals surface area contributed by atoms with E-state index in [1.807, 2.05) is 0 Å². The summed E-state index contributed by atoms with van der Waals surface area (Å²) >= 11 is 10.8. The number of alkyl halides is 2. The van der Waals surface area contributed by atoms with Gasteiger partial charge in [-0.3, -0.25) is 13.6 Å². The van der Waals surface area contributed by atoms with Crippen molar-refractivity contribution in [1.82, 2.24) is 0 Å². The predicted molar refractivity (Wildman–Crippen MR) is 50.8 cm³/mol. The molecule has 0 N–H and O–H groups in total. The highest BCUT2D eigenvalue weighted by Crippen LogP contribution is 2.30. The third kappa shape index (κ3) is 5.81. The first-order chi connectivity index (χ1) is 5.60. The van der Waals surface area contributed by atoms with Crippen LogP contribution in [0.4, 0.5) is 0 Å². The van der Waals surface area contributed by atoms with Crippen molar-refractivity contribution in [1.29, 1.82) is 0 Å². The minimum Gasteiger partial charge on any atom is -0.287 e. The van der Waals surface area contributed by atoms with Gasteiger partial charge in [-0.2, -0.15) is 0 Å². The molecule has 0 spiro atoms. The minimum absolute atomic E-state index is 0.829. The maximum Gasteiger partial charge on any atom is 0.322 e. The lowest BCUT2D eigenvalue weighted by atomic mass is 10.7. The summed E-state index contributed by atoms with van der Waals surface area (Å²) in [6, 6.07) is 0. The lowest BCUT2D eigenvalue weighted by Crippen LogP contribution is -1.98. The maximum atomic E-state index is 10.9. The minimum atomic E-state index is -2.67. The summed E-state index contributed by atoms with van der Waals surface area (Å²) in [6.45, 7) is 6.65. The number of hydrogen-bond acceptors (Lipinski definition) is 3. The first kappa shape index (κ1) is 12.2. The van der Waals surface area contributed by atoms with Gasteiger partial charge in [0.2, 0.25) is 0 Å². The van der Waals surface area contributed by atoms with E-state index in [2.05, 4.69) is 22.2 Å². The molecule has 12 heavy (non-hydrogen) atoms. The molecule has 70 valence electrons. The van der Waals surface area contributed by atoms with Crippen LogP contribution in [0.5, 0.6) is 0 Å². The molecule has 0 aromatic rings. The van der Waals surface area contributed by atoms with Gasteiger partial charge in [0.1, 0.15) is 0 Å². The van der Waals surface area contributed by atoms with E-state index in [4.69, 9.17) is 23.2 Å². The maximum absolute atomic E-state index is 10.9. The van der Waals surface area contributed by atoms with Crippen molar-refractivity contribution in [2.24, 2.45) is 0 Å². The third-order valence-corrected chi connectivity index (χ3v) is 2.51. The van der Waals surface area contributed by atoms with E-state index >= 15 is 0 Å². The monoisotopic (exact) mass is 230 g/mol. The van der Waals surface area contributed by atoms with E-state index in [0.29, 0.717) is 0 Å². The van der Waals surface area contributed by atoms with Crippen LogP contribution in [0.25, 0.3) is 0 Å². The Balaban J connectivity index is 3.73. The Bertz CT molecular complexity index is 168. The quantitative estimate of drug-likeness (QED) is 0.400. The molecule has 3 nitrogen and oxygen atoms in total. The van der Waals surface area contributed by atoms with Crippen molar-refractivity contribution in [3.05, 3.63) is 25.3 Å². The summed E-state index contributed by atoms with van der Waals surface area (Å²) in [6.07, 6.45) is 2.56. The van der Waals surface area contributed by atoms with Crippen molar-refractivity contribution in [3.63, 3.8) is 0 Å². The van der Waals surface area contributed by atoms with E-state index in [1.54, 1.807) is 0 Å². The highest BCUT2D eigenvalue weighted by atomic mass is 35.5. The van der Waals surface area contributed by atoms with Crippen molar-refractivity contribution < 1.29 is 13.6 Å². The van der Waals surface area contributed by atoms with Crippen LogP contribution in [0.3, 0.4) is 0 Å². The zero-order chi connectivity index (χ0) is 9.56. The topological polar surface area (TPSA) is 35.5 Å². The molecule has 0 saturated heterocycles. The summed E-state index contributed by atoms with van der Waals surface area (Å²) in [5.74, 6) is 0. The Kier molecular flexibility index (Phi) is 6.81. The Labute approximate surface area is 81.9 Å². The number of rotatable bonds is 6. The van der Waals surface area contributed by atoms with Gasteiger partial charge in [-0.05, 0) is 12.2 Å². The lowest BCUT2D eigenvalue weighted by molar-refractivity contribution is 0.230.